The topological polar surface area (TPSA) is 70.9 Å². The van der Waals surface area contributed by atoms with E-state index in [0.717, 1.165) is 42.1 Å². The number of carbonyl (C=O) groups is 1. The summed E-state index contributed by atoms with van der Waals surface area (Å²) in [7, 11) is 0. The van der Waals surface area contributed by atoms with E-state index < -0.39 is 0 Å². The van der Waals surface area contributed by atoms with Crippen LogP contribution in [0.15, 0.2) is 24.3 Å². The van der Waals surface area contributed by atoms with E-state index in [9.17, 15) is 4.79 Å². The molecule has 1 aromatic carbocycles. The van der Waals surface area contributed by atoms with Crippen LogP contribution in [0.25, 0.3) is 10.9 Å². The van der Waals surface area contributed by atoms with E-state index in [1.807, 2.05) is 31.2 Å². The van der Waals surface area contributed by atoms with Crippen LogP contribution in [0.3, 0.4) is 0 Å². The SMILES string of the molecule is Cc1cccc2cc(C(=O)NC3CCC(N)CC3)[nH]c12. The van der Waals surface area contributed by atoms with Gasteiger partial charge in [-0.05, 0) is 44.2 Å². The number of hydrogen-bond donors (Lipinski definition) is 3. The molecule has 1 aliphatic carbocycles. The van der Waals surface area contributed by atoms with Crippen LogP contribution in [-0.2, 0) is 0 Å². The number of benzene rings is 1. The van der Waals surface area contributed by atoms with Gasteiger partial charge in [-0.25, -0.2) is 0 Å². The number of hydrogen-bond acceptors (Lipinski definition) is 2. The quantitative estimate of drug-likeness (QED) is 0.785. The number of H-pyrrole nitrogens is 1. The van der Waals surface area contributed by atoms with Gasteiger partial charge in [0, 0.05) is 23.0 Å². The molecule has 0 saturated heterocycles. The maximum atomic E-state index is 12.3. The van der Waals surface area contributed by atoms with Gasteiger partial charge in [-0.3, -0.25) is 4.79 Å². The largest absolute Gasteiger partial charge is 0.350 e. The first-order valence-electron chi connectivity index (χ1n) is 7.28. The number of nitrogens with two attached hydrogens (primary N) is 1. The van der Waals surface area contributed by atoms with E-state index in [4.69, 9.17) is 5.73 Å². The van der Waals surface area contributed by atoms with Crippen molar-refractivity contribution in [2.75, 3.05) is 0 Å². The number of amides is 1. The van der Waals surface area contributed by atoms with Gasteiger partial charge in [0.15, 0.2) is 0 Å². The first kappa shape index (κ1) is 13.2. The average Bonchev–Trinajstić information content (AvgIpc) is 2.87. The van der Waals surface area contributed by atoms with E-state index in [-0.39, 0.29) is 11.9 Å². The lowest BCUT2D eigenvalue weighted by Crippen LogP contribution is -2.40. The molecule has 0 aliphatic heterocycles. The number of nitrogens with one attached hydrogen (secondary N) is 2. The second-order valence-corrected chi connectivity index (χ2v) is 5.81. The summed E-state index contributed by atoms with van der Waals surface area (Å²) < 4.78 is 0. The van der Waals surface area contributed by atoms with Gasteiger partial charge in [-0.1, -0.05) is 18.2 Å². The van der Waals surface area contributed by atoms with Crippen molar-refractivity contribution in [3.05, 3.63) is 35.5 Å². The van der Waals surface area contributed by atoms with Crippen LogP contribution in [0.1, 0.15) is 41.7 Å². The lowest BCUT2D eigenvalue weighted by Gasteiger charge is -2.26. The maximum Gasteiger partial charge on any atom is 0.267 e. The van der Waals surface area contributed by atoms with Gasteiger partial charge in [0.1, 0.15) is 5.69 Å². The molecule has 20 heavy (non-hydrogen) atoms. The summed E-state index contributed by atoms with van der Waals surface area (Å²) in [6, 6.07) is 8.56. The summed E-state index contributed by atoms with van der Waals surface area (Å²) in [4.78, 5) is 15.5. The van der Waals surface area contributed by atoms with Crippen molar-refractivity contribution in [2.45, 2.75) is 44.7 Å². The highest BCUT2D eigenvalue weighted by Gasteiger charge is 2.21. The molecule has 1 heterocycles. The van der Waals surface area contributed by atoms with Crippen LogP contribution in [-0.4, -0.2) is 23.0 Å². The number of carbonyl (C=O) groups excluding carboxylic acids is 1. The summed E-state index contributed by atoms with van der Waals surface area (Å²) >= 11 is 0. The highest BCUT2D eigenvalue weighted by atomic mass is 16.1. The van der Waals surface area contributed by atoms with Crippen molar-refractivity contribution in [3.63, 3.8) is 0 Å². The molecule has 1 aromatic heterocycles. The van der Waals surface area contributed by atoms with E-state index >= 15 is 0 Å². The maximum absolute atomic E-state index is 12.3. The normalized spacial score (nSPS) is 22.9. The molecule has 0 unspecified atom stereocenters. The Bertz CT molecular complexity index is 624. The molecule has 0 radical (unpaired) electrons. The van der Waals surface area contributed by atoms with Crippen LogP contribution >= 0.6 is 0 Å². The highest BCUT2D eigenvalue weighted by Crippen LogP contribution is 2.20. The van der Waals surface area contributed by atoms with Gasteiger partial charge in [-0.15, -0.1) is 0 Å². The first-order chi connectivity index (χ1) is 9.63. The third-order valence-corrected chi connectivity index (χ3v) is 4.22. The minimum Gasteiger partial charge on any atom is -0.350 e. The van der Waals surface area contributed by atoms with Crippen LogP contribution in [0.2, 0.25) is 0 Å². The molecule has 4 heteroatoms. The third kappa shape index (κ3) is 2.56. The minimum atomic E-state index is -0.0129. The van der Waals surface area contributed by atoms with Gasteiger partial charge >= 0.3 is 0 Å². The standard InChI is InChI=1S/C16H21N3O/c1-10-3-2-4-11-9-14(19-15(10)11)16(20)18-13-7-5-12(17)6-8-13/h2-4,9,12-13,19H,5-8,17H2,1H3,(H,18,20). The van der Waals surface area contributed by atoms with Gasteiger partial charge in [0.05, 0.1) is 0 Å². The van der Waals surface area contributed by atoms with Crippen LogP contribution in [0, 0.1) is 6.92 Å². The monoisotopic (exact) mass is 271 g/mol. The zero-order valence-electron chi connectivity index (χ0n) is 11.8. The molecule has 1 aliphatic rings. The molecule has 106 valence electrons. The van der Waals surface area contributed by atoms with Crippen molar-refractivity contribution in [2.24, 2.45) is 5.73 Å². The molecule has 1 fully saturated rings. The second kappa shape index (κ2) is 5.29. The molecule has 4 N–H and O–H groups in total. The fraction of sp³-hybridized carbons (Fsp3) is 0.438. The summed E-state index contributed by atoms with van der Waals surface area (Å²) in [6.07, 6.45) is 3.95. The number of aromatic nitrogens is 1. The Morgan fingerprint density at radius 1 is 1.30 bits per heavy atom. The van der Waals surface area contributed by atoms with Crippen molar-refractivity contribution >= 4 is 16.8 Å². The summed E-state index contributed by atoms with van der Waals surface area (Å²) in [5.74, 6) is -0.0129. The molecular formula is C16H21N3O. The molecule has 1 amide bonds. The van der Waals surface area contributed by atoms with Gasteiger partial charge in [-0.2, -0.15) is 0 Å². The van der Waals surface area contributed by atoms with Crippen molar-refractivity contribution in [1.82, 2.24) is 10.3 Å². The molecule has 0 spiro atoms. The number of rotatable bonds is 2. The van der Waals surface area contributed by atoms with Crippen LogP contribution < -0.4 is 11.1 Å². The number of para-hydroxylation sites is 1. The summed E-state index contributed by atoms with van der Waals surface area (Å²) in [6.45, 7) is 2.04. The third-order valence-electron chi connectivity index (χ3n) is 4.22. The minimum absolute atomic E-state index is 0.0129. The summed E-state index contributed by atoms with van der Waals surface area (Å²) in [5, 5.41) is 4.19. The molecule has 1 saturated carbocycles. The lowest BCUT2D eigenvalue weighted by atomic mass is 9.92. The highest BCUT2D eigenvalue weighted by molar-refractivity contribution is 5.98. The van der Waals surface area contributed by atoms with Gasteiger partial charge in [0.2, 0.25) is 0 Å². The fourth-order valence-corrected chi connectivity index (χ4v) is 2.96. The average molecular weight is 271 g/mol. The Labute approximate surface area is 118 Å². The molecular weight excluding hydrogens is 250 g/mol. The van der Waals surface area contributed by atoms with Crippen molar-refractivity contribution in [3.8, 4) is 0 Å². The predicted molar refractivity (Wildman–Crippen MR) is 80.7 cm³/mol. The van der Waals surface area contributed by atoms with E-state index in [0.29, 0.717) is 11.7 Å². The van der Waals surface area contributed by atoms with E-state index in [1.165, 1.54) is 0 Å². The Kier molecular flexibility index (Phi) is 3.49. The molecule has 2 aromatic rings. The number of fused-ring (bicyclic) bond motifs is 1. The van der Waals surface area contributed by atoms with E-state index in [1.54, 1.807) is 0 Å². The van der Waals surface area contributed by atoms with Crippen LogP contribution in [0.5, 0.6) is 0 Å². The first-order valence-corrected chi connectivity index (χ1v) is 7.28. The molecule has 3 rings (SSSR count). The molecule has 0 atom stereocenters. The second-order valence-electron chi connectivity index (χ2n) is 5.81. The predicted octanol–water partition coefficient (Wildman–Crippen LogP) is 2.48. The van der Waals surface area contributed by atoms with Crippen molar-refractivity contribution < 1.29 is 4.79 Å². The Balaban J connectivity index is 1.74. The van der Waals surface area contributed by atoms with Gasteiger partial charge in [0.25, 0.3) is 5.91 Å². The Hall–Kier alpha value is -1.81. The fourth-order valence-electron chi connectivity index (χ4n) is 2.96. The van der Waals surface area contributed by atoms with Crippen molar-refractivity contribution in [1.29, 1.82) is 0 Å². The molecule has 0 bridgehead atoms. The zero-order chi connectivity index (χ0) is 14.1. The zero-order valence-corrected chi connectivity index (χ0v) is 11.8. The molecule has 4 nitrogen and oxygen atoms in total. The smallest absolute Gasteiger partial charge is 0.267 e. The Morgan fingerprint density at radius 2 is 2.05 bits per heavy atom. The van der Waals surface area contributed by atoms with E-state index in [2.05, 4.69) is 10.3 Å². The lowest BCUT2D eigenvalue weighted by molar-refractivity contribution is 0.0921. The Morgan fingerprint density at radius 3 is 2.75 bits per heavy atom. The van der Waals surface area contributed by atoms with Gasteiger partial charge < -0.3 is 16.0 Å². The summed E-state index contributed by atoms with van der Waals surface area (Å²) in [5.41, 5.74) is 8.73. The number of aromatic amines is 1. The number of aryl methyl sites for hydroxylation is 1. The van der Waals surface area contributed by atoms with Crippen LogP contribution in [0.4, 0.5) is 0 Å².